The zero-order valence-corrected chi connectivity index (χ0v) is 18.5. The lowest BCUT2D eigenvalue weighted by molar-refractivity contribution is -0.385. The second-order valence-electron chi connectivity index (χ2n) is 6.32. The number of anilines is 2. The van der Waals surface area contributed by atoms with Gasteiger partial charge in [-0.15, -0.1) is 0 Å². The molecule has 0 aliphatic carbocycles. The van der Waals surface area contributed by atoms with E-state index in [1.54, 1.807) is 24.3 Å². The Balaban J connectivity index is 1.97. The molecule has 0 aliphatic heterocycles. The van der Waals surface area contributed by atoms with Crippen LogP contribution in [0.15, 0.2) is 81.2 Å². The number of nitrogens with zero attached hydrogens (tertiary/aromatic N) is 2. The maximum Gasteiger partial charge on any atom is 0.337 e. The van der Waals surface area contributed by atoms with E-state index in [1.807, 2.05) is 0 Å². The minimum atomic E-state index is -4.42. The lowest BCUT2D eigenvalue weighted by Crippen LogP contribution is -2.17. The van der Waals surface area contributed by atoms with E-state index < -0.39 is 31.5 Å². The number of rotatable bonds is 8. The van der Waals surface area contributed by atoms with Gasteiger partial charge in [0.05, 0.1) is 28.1 Å². The lowest BCUT2D eigenvalue weighted by atomic mass is 10.2. The SMILES string of the molecule is O=C(O)c1ccccc1NS(=O)(=O)c1cc([N+](=O)[O-])ccc1N/N=C/c1ccc(Br)cc1. The van der Waals surface area contributed by atoms with Gasteiger partial charge in [0.2, 0.25) is 0 Å². The molecule has 3 N–H and O–H groups in total. The standard InChI is InChI=1S/C20H15BrN4O6S/c21-14-7-5-13(6-8-14)12-22-23-18-10-9-15(25(28)29)11-19(18)32(30,31)24-17-4-2-1-3-16(17)20(26)27/h1-12,23-24H,(H,26,27)/b22-12+. The number of hydrazone groups is 1. The largest absolute Gasteiger partial charge is 0.478 e. The van der Waals surface area contributed by atoms with Crippen molar-refractivity contribution in [3.63, 3.8) is 0 Å². The zero-order chi connectivity index (χ0) is 23.3. The number of carbonyl (C=O) groups is 1. The van der Waals surface area contributed by atoms with Crippen molar-refractivity contribution in [3.05, 3.63) is 92.4 Å². The normalized spacial score (nSPS) is 11.3. The maximum absolute atomic E-state index is 13.0. The van der Waals surface area contributed by atoms with Crippen LogP contribution in [0, 0.1) is 10.1 Å². The molecule has 0 bridgehead atoms. The van der Waals surface area contributed by atoms with Crippen molar-refractivity contribution >= 4 is 55.2 Å². The number of sulfonamides is 1. The first-order valence-corrected chi connectivity index (χ1v) is 11.1. The van der Waals surface area contributed by atoms with Crippen LogP contribution in [0.4, 0.5) is 17.1 Å². The third kappa shape index (κ3) is 5.47. The Morgan fingerprint density at radius 1 is 1.06 bits per heavy atom. The fourth-order valence-corrected chi connectivity index (χ4v) is 4.14. The van der Waals surface area contributed by atoms with Crippen LogP contribution in [0.5, 0.6) is 0 Å². The van der Waals surface area contributed by atoms with Crippen LogP contribution in [-0.2, 0) is 10.0 Å². The number of hydrogen-bond acceptors (Lipinski definition) is 7. The molecule has 0 aromatic heterocycles. The minimum Gasteiger partial charge on any atom is -0.478 e. The molecule has 10 nitrogen and oxygen atoms in total. The van der Waals surface area contributed by atoms with Crippen LogP contribution in [0.25, 0.3) is 0 Å². The number of hydrogen-bond donors (Lipinski definition) is 3. The number of non-ortho nitro benzene ring substituents is 1. The Kier molecular flexibility index (Phi) is 6.85. The highest BCUT2D eigenvalue weighted by Crippen LogP contribution is 2.29. The van der Waals surface area contributed by atoms with Gasteiger partial charge in [0.15, 0.2) is 0 Å². The van der Waals surface area contributed by atoms with Crippen molar-refractivity contribution in [3.8, 4) is 0 Å². The molecule has 3 rings (SSSR count). The molecular weight excluding hydrogens is 504 g/mol. The number of carboxylic acids is 1. The molecule has 0 radical (unpaired) electrons. The van der Waals surface area contributed by atoms with E-state index >= 15 is 0 Å². The van der Waals surface area contributed by atoms with Gasteiger partial charge in [0.1, 0.15) is 4.90 Å². The maximum atomic E-state index is 13.0. The number of para-hydroxylation sites is 1. The molecule has 0 spiro atoms. The summed E-state index contributed by atoms with van der Waals surface area (Å²) in [6.45, 7) is 0. The second kappa shape index (κ2) is 9.58. The van der Waals surface area contributed by atoms with E-state index in [0.717, 1.165) is 22.2 Å². The molecular formula is C20H15BrN4O6S. The molecule has 32 heavy (non-hydrogen) atoms. The first-order valence-electron chi connectivity index (χ1n) is 8.85. The molecule has 0 unspecified atom stereocenters. The van der Waals surface area contributed by atoms with Gasteiger partial charge in [-0.05, 0) is 35.9 Å². The van der Waals surface area contributed by atoms with Crippen LogP contribution in [0.3, 0.4) is 0 Å². The van der Waals surface area contributed by atoms with E-state index in [4.69, 9.17) is 0 Å². The molecule has 0 amide bonds. The summed E-state index contributed by atoms with van der Waals surface area (Å²) in [5.74, 6) is -1.33. The van der Waals surface area contributed by atoms with Gasteiger partial charge in [-0.2, -0.15) is 5.10 Å². The fourth-order valence-electron chi connectivity index (χ4n) is 2.62. The summed E-state index contributed by atoms with van der Waals surface area (Å²) in [7, 11) is -4.42. The van der Waals surface area contributed by atoms with Crippen LogP contribution < -0.4 is 10.1 Å². The summed E-state index contributed by atoms with van der Waals surface area (Å²) in [5.41, 5.74) is 2.34. The number of carboxylic acid groups (broad SMARTS) is 1. The number of nitro groups is 1. The minimum absolute atomic E-state index is 0.0377. The molecule has 0 heterocycles. The lowest BCUT2D eigenvalue weighted by Gasteiger charge is -2.13. The summed E-state index contributed by atoms with van der Waals surface area (Å²) in [6.07, 6.45) is 1.44. The molecule has 12 heteroatoms. The summed E-state index contributed by atoms with van der Waals surface area (Å²) in [4.78, 5) is 21.4. The Bertz CT molecular complexity index is 1310. The molecule has 164 valence electrons. The highest BCUT2D eigenvalue weighted by atomic mass is 79.9. The Hall–Kier alpha value is -3.77. The average molecular weight is 519 g/mol. The van der Waals surface area contributed by atoms with E-state index in [9.17, 15) is 28.4 Å². The van der Waals surface area contributed by atoms with Crippen molar-refractivity contribution < 1.29 is 23.2 Å². The zero-order valence-electron chi connectivity index (χ0n) is 16.1. The van der Waals surface area contributed by atoms with Gasteiger partial charge >= 0.3 is 5.97 Å². The predicted octanol–water partition coefficient (Wildman–Crippen LogP) is 4.30. The number of aromatic carboxylic acids is 1. The summed E-state index contributed by atoms with van der Waals surface area (Å²) < 4.78 is 29.1. The predicted molar refractivity (Wildman–Crippen MR) is 123 cm³/mol. The van der Waals surface area contributed by atoms with E-state index in [2.05, 4.69) is 31.2 Å². The highest BCUT2D eigenvalue weighted by molar-refractivity contribution is 9.10. The molecule has 3 aromatic carbocycles. The molecule has 0 atom stereocenters. The smallest absolute Gasteiger partial charge is 0.337 e. The van der Waals surface area contributed by atoms with Crippen LogP contribution in [-0.4, -0.2) is 30.6 Å². The summed E-state index contributed by atoms with van der Waals surface area (Å²) >= 11 is 3.32. The highest BCUT2D eigenvalue weighted by Gasteiger charge is 2.24. The number of nitro benzene ring substituents is 1. The monoisotopic (exact) mass is 518 g/mol. The van der Waals surface area contributed by atoms with Gasteiger partial charge in [-0.25, -0.2) is 13.2 Å². The third-order valence-corrected chi connectivity index (χ3v) is 6.07. The number of benzene rings is 3. The molecule has 0 saturated heterocycles. The first kappa shape index (κ1) is 22.9. The Morgan fingerprint density at radius 3 is 2.41 bits per heavy atom. The van der Waals surface area contributed by atoms with Crippen LogP contribution in [0.1, 0.15) is 15.9 Å². The third-order valence-electron chi connectivity index (χ3n) is 4.14. The van der Waals surface area contributed by atoms with Crippen molar-refractivity contribution in [2.45, 2.75) is 4.90 Å². The molecule has 3 aromatic rings. The van der Waals surface area contributed by atoms with Gasteiger partial charge < -0.3 is 5.11 Å². The Morgan fingerprint density at radius 2 is 1.75 bits per heavy atom. The quantitative estimate of drug-likeness (QED) is 0.228. The topological polar surface area (TPSA) is 151 Å². The average Bonchev–Trinajstić information content (AvgIpc) is 2.75. The van der Waals surface area contributed by atoms with E-state index in [0.29, 0.717) is 0 Å². The van der Waals surface area contributed by atoms with Gasteiger partial charge in [0.25, 0.3) is 15.7 Å². The van der Waals surface area contributed by atoms with Gasteiger partial charge in [0, 0.05) is 16.6 Å². The summed E-state index contributed by atoms with van der Waals surface area (Å²) in [5, 5.41) is 24.5. The van der Waals surface area contributed by atoms with Gasteiger partial charge in [-0.3, -0.25) is 20.3 Å². The Labute approximate surface area is 190 Å². The van der Waals surface area contributed by atoms with E-state index in [-0.39, 0.29) is 16.9 Å². The fraction of sp³-hybridized carbons (Fsp3) is 0. The first-order chi connectivity index (χ1) is 15.2. The number of nitrogens with one attached hydrogen (secondary N) is 2. The van der Waals surface area contributed by atoms with Crippen LogP contribution in [0.2, 0.25) is 0 Å². The van der Waals surface area contributed by atoms with Gasteiger partial charge in [-0.1, -0.05) is 40.2 Å². The van der Waals surface area contributed by atoms with Crippen molar-refractivity contribution in [1.29, 1.82) is 0 Å². The van der Waals surface area contributed by atoms with Crippen molar-refractivity contribution in [2.24, 2.45) is 5.10 Å². The molecule has 0 saturated carbocycles. The molecule has 0 aliphatic rings. The van der Waals surface area contributed by atoms with Crippen molar-refractivity contribution in [1.82, 2.24) is 0 Å². The second-order valence-corrected chi connectivity index (χ2v) is 8.88. The number of halogens is 1. The van der Waals surface area contributed by atoms with E-state index in [1.165, 1.54) is 36.5 Å². The summed E-state index contributed by atoms with van der Waals surface area (Å²) in [6, 6.07) is 15.7. The van der Waals surface area contributed by atoms with Crippen LogP contribution >= 0.6 is 15.9 Å². The van der Waals surface area contributed by atoms with Crippen molar-refractivity contribution in [2.75, 3.05) is 10.1 Å². The molecule has 0 fully saturated rings.